The maximum Gasteiger partial charge on any atom is 0.318 e. The number of hydrogen-bond donors (Lipinski definition) is 1. The van der Waals surface area contributed by atoms with Crippen molar-refractivity contribution in [2.75, 3.05) is 19.8 Å². The molecule has 0 bridgehead atoms. The van der Waals surface area contributed by atoms with Crippen LogP contribution in [-0.2, 0) is 24.1 Å². The molecule has 5 rings (SSSR count). The average Bonchev–Trinajstić information content (AvgIpc) is 3.41. The van der Waals surface area contributed by atoms with Gasteiger partial charge in [0.1, 0.15) is 5.00 Å². The van der Waals surface area contributed by atoms with Gasteiger partial charge < -0.3 is 19.5 Å². The summed E-state index contributed by atoms with van der Waals surface area (Å²) in [7, 11) is 0. The van der Waals surface area contributed by atoms with Gasteiger partial charge in [0.15, 0.2) is 0 Å². The third-order valence-electron chi connectivity index (χ3n) is 6.78. The molecule has 6 heteroatoms. The maximum atomic E-state index is 13.6. The fraction of sp³-hybridized carbons (Fsp3) is 0.444. The molecule has 0 saturated heterocycles. The topological polar surface area (TPSA) is 46.5 Å². The Morgan fingerprint density at radius 2 is 1.97 bits per heavy atom. The van der Waals surface area contributed by atoms with Crippen LogP contribution in [0.25, 0.3) is 5.00 Å². The van der Waals surface area contributed by atoms with Crippen LogP contribution in [0.1, 0.15) is 65.1 Å². The van der Waals surface area contributed by atoms with Crippen molar-refractivity contribution in [3.05, 3.63) is 75.4 Å². The first-order valence-corrected chi connectivity index (χ1v) is 13.0. The lowest BCUT2D eigenvalue weighted by molar-refractivity contribution is 0.143. The number of nitrogens with zero attached hydrogens (tertiary/aromatic N) is 2. The first-order chi connectivity index (χ1) is 16.2. The molecule has 0 fully saturated rings. The molecule has 2 amide bonds. The molecule has 3 heterocycles. The van der Waals surface area contributed by atoms with Gasteiger partial charge >= 0.3 is 6.03 Å². The minimum atomic E-state index is -0.133. The first-order valence-electron chi connectivity index (χ1n) is 12.2. The Morgan fingerprint density at radius 1 is 1.15 bits per heavy atom. The highest BCUT2D eigenvalue weighted by Crippen LogP contribution is 2.43. The van der Waals surface area contributed by atoms with E-state index >= 15 is 0 Å². The Bertz CT molecular complexity index is 1120. The zero-order valence-corrected chi connectivity index (χ0v) is 20.4. The maximum absolute atomic E-state index is 13.6. The lowest BCUT2D eigenvalue weighted by Gasteiger charge is -2.31. The second-order valence-corrected chi connectivity index (χ2v) is 10.1. The minimum Gasteiger partial charge on any atom is -0.382 e. The second kappa shape index (κ2) is 9.74. The largest absolute Gasteiger partial charge is 0.382 e. The number of amides is 2. The number of fused-ring (bicyclic) bond motifs is 5. The Kier molecular flexibility index (Phi) is 6.56. The number of carbonyl (C=O) groups is 1. The van der Waals surface area contributed by atoms with Crippen LogP contribution in [0.2, 0.25) is 0 Å². The van der Waals surface area contributed by atoms with Crippen molar-refractivity contribution in [3.8, 4) is 5.00 Å². The van der Waals surface area contributed by atoms with E-state index in [4.69, 9.17) is 4.74 Å². The van der Waals surface area contributed by atoms with Gasteiger partial charge in [-0.1, -0.05) is 29.8 Å². The third kappa shape index (κ3) is 4.34. The summed E-state index contributed by atoms with van der Waals surface area (Å²) in [6.45, 7) is 6.73. The van der Waals surface area contributed by atoms with Crippen molar-refractivity contribution >= 4 is 17.4 Å². The molecule has 1 aliphatic heterocycles. The van der Waals surface area contributed by atoms with E-state index in [0.29, 0.717) is 26.3 Å². The number of benzene rings is 1. The SMILES string of the molecule is CCOCCCNC(=O)N1Cc2c(sc3c2CCCC3)-n2cccc2[C@H]1c1ccc(C)cc1. The van der Waals surface area contributed by atoms with E-state index < -0.39 is 0 Å². The van der Waals surface area contributed by atoms with Crippen LogP contribution in [0.5, 0.6) is 0 Å². The van der Waals surface area contributed by atoms with E-state index in [2.05, 4.69) is 59.4 Å². The summed E-state index contributed by atoms with van der Waals surface area (Å²) in [4.78, 5) is 17.2. The van der Waals surface area contributed by atoms with Crippen LogP contribution in [0, 0.1) is 6.92 Å². The molecule has 0 saturated carbocycles. The van der Waals surface area contributed by atoms with E-state index in [9.17, 15) is 4.79 Å². The van der Waals surface area contributed by atoms with Gasteiger partial charge in [0.2, 0.25) is 0 Å². The highest BCUT2D eigenvalue weighted by molar-refractivity contribution is 7.15. The monoisotopic (exact) mass is 463 g/mol. The Morgan fingerprint density at radius 3 is 2.79 bits per heavy atom. The molecule has 2 aromatic heterocycles. The molecule has 0 spiro atoms. The number of aryl methyl sites for hydroxylation is 2. The number of rotatable bonds is 6. The predicted molar refractivity (Wildman–Crippen MR) is 133 cm³/mol. The predicted octanol–water partition coefficient (Wildman–Crippen LogP) is 5.77. The van der Waals surface area contributed by atoms with Crippen LogP contribution in [-0.4, -0.2) is 35.3 Å². The molecule has 5 nitrogen and oxygen atoms in total. The fourth-order valence-electron chi connectivity index (χ4n) is 5.10. The van der Waals surface area contributed by atoms with Gasteiger partial charge in [0, 0.05) is 36.4 Å². The van der Waals surface area contributed by atoms with E-state index in [1.807, 2.05) is 23.2 Å². The summed E-state index contributed by atoms with van der Waals surface area (Å²) in [6.07, 6.45) is 7.77. The van der Waals surface area contributed by atoms with Crippen LogP contribution < -0.4 is 5.32 Å². The summed E-state index contributed by atoms with van der Waals surface area (Å²) in [5.41, 5.74) is 6.35. The average molecular weight is 464 g/mol. The number of aromatic nitrogens is 1. The van der Waals surface area contributed by atoms with Crippen molar-refractivity contribution in [2.45, 2.75) is 58.5 Å². The number of urea groups is 1. The first kappa shape index (κ1) is 22.2. The molecular weight excluding hydrogens is 430 g/mol. The molecule has 0 unspecified atom stereocenters. The van der Waals surface area contributed by atoms with E-state index in [1.54, 1.807) is 0 Å². The fourth-order valence-corrected chi connectivity index (χ4v) is 6.51. The summed E-state index contributed by atoms with van der Waals surface area (Å²) >= 11 is 1.93. The van der Waals surface area contributed by atoms with Crippen molar-refractivity contribution in [1.82, 2.24) is 14.8 Å². The number of ether oxygens (including phenoxy) is 1. The summed E-state index contributed by atoms with van der Waals surface area (Å²) in [6, 6.07) is 12.8. The smallest absolute Gasteiger partial charge is 0.318 e. The second-order valence-electron chi connectivity index (χ2n) is 9.02. The van der Waals surface area contributed by atoms with Gasteiger partial charge in [0.25, 0.3) is 0 Å². The van der Waals surface area contributed by atoms with Crippen molar-refractivity contribution in [2.24, 2.45) is 0 Å². The molecule has 33 heavy (non-hydrogen) atoms. The van der Waals surface area contributed by atoms with Crippen LogP contribution in [0.15, 0.2) is 42.6 Å². The highest BCUT2D eigenvalue weighted by Gasteiger charge is 2.35. The summed E-state index contributed by atoms with van der Waals surface area (Å²) < 4.78 is 7.79. The lowest BCUT2D eigenvalue weighted by atomic mass is 9.95. The molecule has 1 aromatic carbocycles. The van der Waals surface area contributed by atoms with Gasteiger partial charge in [0.05, 0.1) is 18.3 Å². The summed E-state index contributed by atoms with van der Waals surface area (Å²) in [5, 5.41) is 4.47. The zero-order valence-electron chi connectivity index (χ0n) is 19.6. The van der Waals surface area contributed by atoms with Crippen molar-refractivity contribution in [1.29, 1.82) is 0 Å². The number of thiophene rings is 1. The quantitative estimate of drug-likeness (QED) is 0.472. The van der Waals surface area contributed by atoms with Gasteiger partial charge in [-0.15, -0.1) is 11.3 Å². The molecule has 174 valence electrons. The standard InChI is InChI=1S/C27H33N3O2S/c1-3-32-17-7-15-28-27(31)30-18-22-21-8-4-5-10-24(21)33-26(22)29-16-6-9-23(29)25(30)20-13-11-19(2)12-14-20/h6,9,11-14,16,25H,3-5,7-8,10,15,17-18H2,1-2H3,(H,28,31)/t25-/m1/s1. The number of hydrogen-bond acceptors (Lipinski definition) is 3. The normalized spacial score (nSPS) is 17.2. The molecule has 0 radical (unpaired) electrons. The van der Waals surface area contributed by atoms with Crippen LogP contribution in [0.4, 0.5) is 4.79 Å². The van der Waals surface area contributed by atoms with E-state index in [1.165, 1.54) is 39.4 Å². The lowest BCUT2D eigenvalue weighted by Crippen LogP contribution is -2.42. The minimum absolute atomic E-state index is 0.00608. The Labute approximate surface area is 200 Å². The van der Waals surface area contributed by atoms with Crippen LogP contribution in [0.3, 0.4) is 0 Å². The van der Waals surface area contributed by atoms with Gasteiger partial charge in [-0.25, -0.2) is 4.79 Å². The van der Waals surface area contributed by atoms with Crippen LogP contribution >= 0.6 is 11.3 Å². The van der Waals surface area contributed by atoms with Gasteiger partial charge in [-0.05, 0) is 69.2 Å². The molecule has 3 aromatic rings. The highest BCUT2D eigenvalue weighted by atomic mass is 32.1. The zero-order chi connectivity index (χ0) is 22.8. The molecule has 1 atom stereocenters. The number of carbonyl (C=O) groups excluding carboxylic acids is 1. The Hall–Kier alpha value is -2.57. The van der Waals surface area contributed by atoms with Gasteiger partial charge in [-0.3, -0.25) is 0 Å². The molecular formula is C27H33N3O2S. The van der Waals surface area contributed by atoms with Crippen molar-refractivity contribution < 1.29 is 9.53 Å². The Balaban J connectivity index is 1.55. The van der Waals surface area contributed by atoms with E-state index in [-0.39, 0.29) is 12.1 Å². The summed E-state index contributed by atoms with van der Waals surface area (Å²) in [5.74, 6) is 0. The number of nitrogens with one attached hydrogen (secondary N) is 1. The molecule has 2 aliphatic rings. The third-order valence-corrected chi connectivity index (χ3v) is 8.11. The molecule has 1 N–H and O–H groups in total. The molecule has 1 aliphatic carbocycles. The van der Waals surface area contributed by atoms with Crippen molar-refractivity contribution in [3.63, 3.8) is 0 Å². The van der Waals surface area contributed by atoms with Gasteiger partial charge in [-0.2, -0.15) is 0 Å². The van der Waals surface area contributed by atoms with E-state index in [0.717, 1.165) is 30.5 Å².